The molecule has 0 heterocycles. The van der Waals surface area contributed by atoms with Crippen LogP contribution >= 0.6 is 0 Å². The molecule has 0 radical (unpaired) electrons. The quantitative estimate of drug-likeness (QED) is 0.451. The van der Waals surface area contributed by atoms with E-state index >= 15 is 0 Å². The van der Waals surface area contributed by atoms with Crippen molar-refractivity contribution in [3.8, 4) is 0 Å². The fourth-order valence-electron chi connectivity index (χ4n) is 0.960. The zero-order valence-corrected chi connectivity index (χ0v) is 8.22. The van der Waals surface area contributed by atoms with Gasteiger partial charge in [0.25, 0.3) is 0 Å². The first-order valence-electron chi connectivity index (χ1n) is 4.53. The highest BCUT2D eigenvalue weighted by Crippen LogP contribution is 2.20. The lowest BCUT2D eigenvalue weighted by atomic mass is 10.0. The number of halogens is 3. The van der Waals surface area contributed by atoms with Crippen molar-refractivity contribution in [2.75, 3.05) is 26.4 Å². The van der Waals surface area contributed by atoms with E-state index < -0.39 is 38.0 Å². The lowest BCUT2D eigenvalue weighted by Gasteiger charge is -2.28. The standard InChI is InChI=1S/C8H16F3NO3/c9-8(10,11)2-1-3-12-7(4-13,5-14)6-15/h12-15H,1-6H2. The molecule has 0 aliphatic heterocycles. The normalized spacial score (nSPS) is 13.2. The SMILES string of the molecule is OCC(CO)(CO)NCCCC(F)(F)F. The monoisotopic (exact) mass is 231 g/mol. The zero-order chi connectivity index (χ0) is 11.9. The number of aliphatic hydroxyl groups is 3. The van der Waals surface area contributed by atoms with Crippen LogP contribution in [0.3, 0.4) is 0 Å². The molecule has 0 saturated carbocycles. The van der Waals surface area contributed by atoms with Crippen LogP contribution in [0.5, 0.6) is 0 Å². The summed E-state index contributed by atoms with van der Waals surface area (Å²) in [4.78, 5) is 0. The second-order valence-corrected chi connectivity index (χ2v) is 3.40. The number of alkyl halides is 3. The summed E-state index contributed by atoms with van der Waals surface area (Å²) in [7, 11) is 0. The molecule has 0 unspecified atom stereocenters. The van der Waals surface area contributed by atoms with Crippen molar-refractivity contribution in [3.63, 3.8) is 0 Å². The van der Waals surface area contributed by atoms with Gasteiger partial charge in [-0.25, -0.2) is 0 Å². The molecule has 0 aromatic carbocycles. The van der Waals surface area contributed by atoms with Gasteiger partial charge in [0.15, 0.2) is 0 Å². The summed E-state index contributed by atoms with van der Waals surface area (Å²) >= 11 is 0. The van der Waals surface area contributed by atoms with E-state index in [1.165, 1.54) is 0 Å². The second-order valence-electron chi connectivity index (χ2n) is 3.40. The molecule has 0 aromatic heterocycles. The fourth-order valence-corrected chi connectivity index (χ4v) is 0.960. The van der Waals surface area contributed by atoms with Gasteiger partial charge >= 0.3 is 6.18 Å². The molecule has 0 amide bonds. The van der Waals surface area contributed by atoms with E-state index in [2.05, 4.69) is 5.32 Å². The van der Waals surface area contributed by atoms with E-state index in [0.717, 1.165) is 0 Å². The third kappa shape index (κ3) is 5.93. The summed E-state index contributed by atoms with van der Waals surface area (Å²) in [5.41, 5.74) is -1.30. The summed E-state index contributed by atoms with van der Waals surface area (Å²) in [5, 5.41) is 29.0. The van der Waals surface area contributed by atoms with Gasteiger partial charge in [-0.1, -0.05) is 0 Å². The van der Waals surface area contributed by atoms with Gasteiger partial charge in [-0.2, -0.15) is 13.2 Å². The molecular weight excluding hydrogens is 215 g/mol. The summed E-state index contributed by atoms with van der Waals surface area (Å²) in [6.07, 6.45) is -5.30. The van der Waals surface area contributed by atoms with Crippen LogP contribution in [-0.2, 0) is 0 Å². The minimum absolute atomic E-state index is 0.0266. The number of hydrogen-bond donors (Lipinski definition) is 4. The van der Waals surface area contributed by atoms with Crippen LogP contribution in [-0.4, -0.2) is 53.4 Å². The van der Waals surface area contributed by atoms with Gasteiger partial charge in [0.2, 0.25) is 0 Å². The summed E-state index contributed by atoms with van der Waals surface area (Å²) < 4.78 is 35.2. The van der Waals surface area contributed by atoms with E-state index in [1.807, 2.05) is 0 Å². The highest BCUT2D eigenvalue weighted by atomic mass is 19.4. The molecule has 0 aliphatic rings. The molecule has 4 nitrogen and oxygen atoms in total. The van der Waals surface area contributed by atoms with Crippen LogP contribution in [0.25, 0.3) is 0 Å². The van der Waals surface area contributed by atoms with Crippen LogP contribution in [0.2, 0.25) is 0 Å². The second kappa shape index (κ2) is 6.26. The van der Waals surface area contributed by atoms with Crippen LogP contribution in [0.1, 0.15) is 12.8 Å². The molecule has 0 aromatic rings. The Bertz CT molecular complexity index is 163. The topological polar surface area (TPSA) is 72.7 Å². The molecule has 4 N–H and O–H groups in total. The van der Waals surface area contributed by atoms with Crippen LogP contribution in [0, 0.1) is 0 Å². The molecule has 0 aliphatic carbocycles. The first-order valence-corrected chi connectivity index (χ1v) is 4.53. The van der Waals surface area contributed by atoms with Crippen molar-refractivity contribution in [2.45, 2.75) is 24.6 Å². The number of aliphatic hydroxyl groups excluding tert-OH is 3. The Balaban J connectivity index is 3.82. The number of nitrogens with one attached hydrogen (secondary N) is 1. The minimum atomic E-state index is -4.21. The van der Waals surface area contributed by atoms with Crippen molar-refractivity contribution in [2.24, 2.45) is 0 Å². The molecular formula is C8H16F3NO3. The smallest absolute Gasteiger partial charge is 0.389 e. The van der Waals surface area contributed by atoms with E-state index in [-0.39, 0.29) is 13.0 Å². The molecule has 7 heteroatoms. The Hall–Kier alpha value is -0.370. The van der Waals surface area contributed by atoms with Gasteiger partial charge in [0, 0.05) is 6.42 Å². The first-order chi connectivity index (χ1) is 6.89. The van der Waals surface area contributed by atoms with Crippen LogP contribution in [0.15, 0.2) is 0 Å². The van der Waals surface area contributed by atoms with Crippen molar-refractivity contribution in [1.82, 2.24) is 5.32 Å². The number of rotatable bonds is 7. The highest BCUT2D eigenvalue weighted by Gasteiger charge is 2.29. The fraction of sp³-hybridized carbons (Fsp3) is 1.00. The Kier molecular flexibility index (Phi) is 6.11. The number of hydrogen-bond acceptors (Lipinski definition) is 4. The van der Waals surface area contributed by atoms with Crippen molar-refractivity contribution in [1.29, 1.82) is 0 Å². The van der Waals surface area contributed by atoms with Gasteiger partial charge in [-0.05, 0) is 13.0 Å². The van der Waals surface area contributed by atoms with Crippen LogP contribution < -0.4 is 5.32 Å². The van der Waals surface area contributed by atoms with Crippen molar-refractivity contribution in [3.05, 3.63) is 0 Å². The van der Waals surface area contributed by atoms with Gasteiger partial charge in [-0.15, -0.1) is 0 Å². The van der Waals surface area contributed by atoms with Crippen molar-refractivity contribution >= 4 is 0 Å². The Morgan fingerprint density at radius 2 is 1.40 bits per heavy atom. The summed E-state index contributed by atoms with van der Waals surface area (Å²) in [5.74, 6) is 0. The molecule has 0 bridgehead atoms. The van der Waals surface area contributed by atoms with E-state index in [1.54, 1.807) is 0 Å². The third-order valence-corrected chi connectivity index (χ3v) is 2.05. The molecule has 0 fully saturated rings. The molecule has 0 spiro atoms. The summed E-state index contributed by atoms with van der Waals surface area (Å²) in [6, 6.07) is 0. The molecule has 0 saturated heterocycles. The predicted octanol–water partition coefficient (Wildman–Crippen LogP) is -0.366. The maximum Gasteiger partial charge on any atom is 0.389 e. The maximum absolute atomic E-state index is 11.7. The highest BCUT2D eigenvalue weighted by molar-refractivity contribution is 4.85. The third-order valence-electron chi connectivity index (χ3n) is 2.05. The Morgan fingerprint density at radius 1 is 0.933 bits per heavy atom. The van der Waals surface area contributed by atoms with Gasteiger partial charge in [0.1, 0.15) is 0 Å². The predicted molar refractivity (Wildman–Crippen MR) is 47.3 cm³/mol. The Morgan fingerprint density at radius 3 is 1.73 bits per heavy atom. The maximum atomic E-state index is 11.7. The largest absolute Gasteiger partial charge is 0.394 e. The van der Waals surface area contributed by atoms with Gasteiger partial charge in [0.05, 0.1) is 25.4 Å². The lowest BCUT2D eigenvalue weighted by molar-refractivity contribution is -0.135. The molecule has 0 rings (SSSR count). The lowest BCUT2D eigenvalue weighted by Crippen LogP contribution is -2.55. The van der Waals surface area contributed by atoms with E-state index in [4.69, 9.17) is 15.3 Å². The minimum Gasteiger partial charge on any atom is -0.394 e. The average molecular weight is 231 g/mol. The molecule has 0 atom stereocenters. The van der Waals surface area contributed by atoms with Gasteiger partial charge in [-0.3, -0.25) is 0 Å². The molecule has 15 heavy (non-hydrogen) atoms. The first kappa shape index (κ1) is 14.6. The Labute approximate surface area is 85.7 Å². The summed E-state index contributed by atoms with van der Waals surface area (Å²) in [6.45, 7) is -1.63. The molecule has 92 valence electrons. The zero-order valence-electron chi connectivity index (χ0n) is 8.22. The van der Waals surface area contributed by atoms with E-state index in [9.17, 15) is 13.2 Å². The van der Waals surface area contributed by atoms with Gasteiger partial charge < -0.3 is 20.6 Å². The van der Waals surface area contributed by atoms with Crippen LogP contribution in [0.4, 0.5) is 13.2 Å². The average Bonchev–Trinajstić information content (AvgIpc) is 2.18. The van der Waals surface area contributed by atoms with E-state index in [0.29, 0.717) is 0 Å². The van der Waals surface area contributed by atoms with Crippen molar-refractivity contribution < 1.29 is 28.5 Å².